The summed E-state index contributed by atoms with van der Waals surface area (Å²) < 4.78 is 18.0. The lowest BCUT2D eigenvalue weighted by Crippen LogP contribution is -2.45. The summed E-state index contributed by atoms with van der Waals surface area (Å²) in [6.07, 6.45) is 5.21. The molecule has 0 radical (unpaired) electrons. The van der Waals surface area contributed by atoms with Crippen LogP contribution < -0.4 is 0 Å². The highest BCUT2D eigenvalue weighted by Crippen LogP contribution is 2.65. The van der Waals surface area contributed by atoms with E-state index in [0.29, 0.717) is 11.8 Å². The van der Waals surface area contributed by atoms with Crippen LogP contribution in [0.15, 0.2) is 36.4 Å². The smallest absolute Gasteiger partial charge is 0.329 e. The highest BCUT2D eigenvalue weighted by molar-refractivity contribution is 6.09. The van der Waals surface area contributed by atoms with Crippen molar-refractivity contribution in [3.05, 3.63) is 47.8 Å². The molecule has 0 aromatic heterocycles. The number of imide groups is 1. The molecule has 7 heteroatoms. The normalized spacial score (nSPS) is 34.6. The van der Waals surface area contributed by atoms with Crippen molar-refractivity contribution in [2.45, 2.75) is 19.4 Å². The van der Waals surface area contributed by atoms with Gasteiger partial charge in [0.1, 0.15) is 11.9 Å². The Kier molecular flexibility index (Phi) is 3.98. The summed E-state index contributed by atoms with van der Waals surface area (Å²) in [5, 5.41) is 0. The summed E-state index contributed by atoms with van der Waals surface area (Å²) in [4.78, 5) is 51.6. The maximum absolute atomic E-state index is 13.0. The number of amides is 2. The van der Waals surface area contributed by atoms with Gasteiger partial charge in [0.2, 0.25) is 11.8 Å². The summed E-state index contributed by atoms with van der Waals surface area (Å²) in [5.74, 6) is -1.99. The second kappa shape index (κ2) is 6.34. The molecule has 6 nitrogen and oxygen atoms in total. The third kappa shape index (κ3) is 2.67. The summed E-state index contributed by atoms with van der Waals surface area (Å²) in [5.41, 5.74) is 0.216. The van der Waals surface area contributed by atoms with E-state index in [1.165, 1.54) is 19.1 Å². The predicted octanol–water partition coefficient (Wildman–Crippen LogP) is 1.99. The number of Topliss-reactive ketones (excluding diaryl/α,β-unsaturated/α-hetero) is 1. The fraction of sp³-hybridized carbons (Fsp3) is 0.455. The standard InChI is InChI=1S/C22H20FNO5/c1-10(22(28)29-9-17(25)11-2-4-12(23)5-3-11)24-20(26)18-13-6-7-14(16-8-15(13)16)19(18)21(24)27/h2-7,10,13-16,18-19H,8-9H2,1H3/t10-,13+,14+,15+,16+,18-,19+/m1/s1. The first-order chi connectivity index (χ1) is 13.9. The fourth-order valence-corrected chi connectivity index (χ4v) is 5.44. The number of ether oxygens (including phenoxy) is 1. The lowest BCUT2D eigenvalue weighted by atomic mass is 9.63. The molecule has 29 heavy (non-hydrogen) atoms. The monoisotopic (exact) mass is 397 g/mol. The molecule has 2 saturated carbocycles. The van der Waals surface area contributed by atoms with Crippen molar-refractivity contribution >= 4 is 23.6 Å². The van der Waals surface area contributed by atoms with Crippen LogP contribution in [0.25, 0.3) is 0 Å². The van der Waals surface area contributed by atoms with Gasteiger partial charge in [-0.1, -0.05) is 12.2 Å². The number of halogens is 1. The van der Waals surface area contributed by atoms with Crippen molar-refractivity contribution in [3.63, 3.8) is 0 Å². The molecule has 3 fully saturated rings. The van der Waals surface area contributed by atoms with E-state index in [1.807, 2.05) is 0 Å². The van der Waals surface area contributed by atoms with Crippen molar-refractivity contribution in [3.8, 4) is 0 Å². The Hall–Kier alpha value is -2.83. The number of hydrogen-bond donors (Lipinski definition) is 0. The summed E-state index contributed by atoms with van der Waals surface area (Å²) in [7, 11) is 0. The van der Waals surface area contributed by atoms with Crippen LogP contribution in [0.1, 0.15) is 23.7 Å². The Morgan fingerprint density at radius 3 is 2.17 bits per heavy atom. The lowest BCUT2D eigenvalue weighted by molar-refractivity contribution is -0.157. The molecule has 1 aromatic carbocycles. The molecule has 2 amide bonds. The van der Waals surface area contributed by atoms with E-state index in [0.717, 1.165) is 23.5 Å². The van der Waals surface area contributed by atoms with Gasteiger partial charge in [-0.2, -0.15) is 0 Å². The molecule has 1 heterocycles. The van der Waals surface area contributed by atoms with Crippen LogP contribution in [0.4, 0.5) is 4.39 Å². The Morgan fingerprint density at radius 2 is 1.62 bits per heavy atom. The second-order valence-electron chi connectivity index (χ2n) is 8.41. The van der Waals surface area contributed by atoms with Gasteiger partial charge in [-0.05, 0) is 61.3 Å². The first-order valence-electron chi connectivity index (χ1n) is 9.89. The van der Waals surface area contributed by atoms with Crippen molar-refractivity contribution in [1.29, 1.82) is 0 Å². The highest BCUT2D eigenvalue weighted by atomic mass is 19.1. The number of rotatable bonds is 5. The SMILES string of the molecule is C[C@H](C(=O)OCC(=O)c1ccc(F)cc1)N1C(=O)[C@@H]2[C@H]3C=C[C@@H]([C@@H]4C[C@@H]34)[C@@H]2C1=O. The lowest BCUT2D eigenvalue weighted by Gasteiger charge is -2.37. The van der Waals surface area contributed by atoms with Gasteiger partial charge in [-0.3, -0.25) is 19.3 Å². The third-order valence-corrected chi connectivity index (χ3v) is 6.94. The number of carbonyl (C=O) groups is 4. The largest absolute Gasteiger partial charge is 0.456 e. The van der Waals surface area contributed by atoms with Crippen LogP contribution in [-0.2, 0) is 19.1 Å². The first kappa shape index (κ1) is 18.2. The van der Waals surface area contributed by atoms with Crippen LogP contribution in [0, 0.1) is 41.3 Å². The van der Waals surface area contributed by atoms with E-state index in [9.17, 15) is 23.6 Å². The molecule has 2 bridgehead atoms. The Balaban J connectivity index is 1.26. The van der Waals surface area contributed by atoms with Crippen molar-refractivity contribution < 1.29 is 28.3 Å². The third-order valence-electron chi connectivity index (χ3n) is 6.94. The van der Waals surface area contributed by atoms with Crippen LogP contribution in [0.2, 0.25) is 0 Å². The Labute approximate surface area is 166 Å². The zero-order valence-electron chi connectivity index (χ0n) is 15.8. The number of hydrogen-bond acceptors (Lipinski definition) is 5. The molecular weight excluding hydrogens is 377 g/mol. The molecule has 0 spiro atoms. The van der Waals surface area contributed by atoms with E-state index < -0.39 is 30.2 Å². The number of benzene rings is 1. The topological polar surface area (TPSA) is 80.8 Å². The molecule has 150 valence electrons. The minimum Gasteiger partial charge on any atom is -0.456 e. The van der Waals surface area contributed by atoms with Crippen molar-refractivity contribution in [2.24, 2.45) is 35.5 Å². The summed E-state index contributed by atoms with van der Waals surface area (Å²) >= 11 is 0. The summed E-state index contributed by atoms with van der Waals surface area (Å²) in [6.45, 7) is 0.919. The van der Waals surface area contributed by atoms with Gasteiger partial charge in [0.25, 0.3) is 0 Å². The molecule has 7 atom stereocenters. The first-order valence-corrected chi connectivity index (χ1v) is 9.89. The molecular formula is C22H20FNO5. The van der Waals surface area contributed by atoms with E-state index in [4.69, 9.17) is 4.74 Å². The van der Waals surface area contributed by atoms with Gasteiger partial charge in [0.15, 0.2) is 12.4 Å². The Morgan fingerprint density at radius 1 is 1.07 bits per heavy atom. The minimum atomic E-state index is -1.09. The van der Waals surface area contributed by atoms with Gasteiger partial charge in [-0.15, -0.1) is 0 Å². The van der Waals surface area contributed by atoms with Gasteiger partial charge in [0, 0.05) is 5.56 Å². The zero-order valence-corrected chi connectivity index (χ0v) is 15.8. The maximum Gasteiger partial charge on any atom is 0.329 e. The molecule has 4 aliphatic carbocycles. The number of nitrogens with zero attached hydrogens (tertiary/aromatic N) is 1. The van der Waals surface area contributed by atoms with Crippen LogP contribution in [0.5, 0.6) is 0 Å². The van der Waals surface area contributed by atoms with Gasteiger partial charge < -0.3 is 4.74 Å². The summed E-state index contributed by atoms with van der Waals surface area (Å²) in [6, 6.07) is 3.82. The molecule has 5 aliphatic rings. The highest BCUT2D eigenvalue weighted by Gasteiger charge is 2.67. The number of esters is 1. The Bertz CT molecular complexity index is 918. The number of likely N-dealkylation sites (tertiary alicyclic amines) is 1. The molecule has 0 N–H and O–H groups in total. The maximum atomic E-state index is 13.0. The number of allylic oxidation sites excluding steroid dienone is 2. The molecule has 1 aromatic rings. The van der Waals surface area contributed by atoms with Crippen molar-refractivity contribution in [1.82, 2.24) is 4.90 Å². The molecule has 6 rings (SSSR count). The average Bonchev–Trinajstić information content (AvgIpc) is 3.49. The van der Waals surface area contributed by atoms with E-state index in [-0.39, 0.29) is 41.0 Å². The van der Waals surface area contributed by atoms with Crippen LogP contribution >= 0.6 is 0 Å². The van der Waals surface area contributed by atoms with E-state index >= 15 is 0 Å². The van der Waals surface area contributed by atoms with E-state index in [1.54, 1.807) is 0 Å². The molecule has 0 unspecified atom stereocenters. The van der Waals surface area contributed by atoms with Gasteiger partial charge >= 0.3 is 5.97 Å². The molecule has 1 aliphatic heterocycles. The fourth-order valence-electron chi connectivity index (χ4n) is 5.44. The van der Waals surface area contributed by atoms with Gasteiger partial charge in [0.05, 0.1) is 11.8 Å². The quantitative estimate of drug-likeness (QED) is 0.329. The van der Waals surface area contributed by atoms with Gasteiger partial charge in [-0.25, -0.2) is 9.18 Å². The molecule has 1 saturated heterocycles. The second-order valence-corrected chi connectivity index (χ2v) is 8.41. The number of ketones is 1. The van der Waals surface area contributed by atoms with Crippen molar-refractivity contribution in [2.75, 3.05) is 6.61 Å². The van der Waals surface area contributed by atoms with E-state index in [2.05, 4.69) is 12.2 Å². The van der Waals surface area contributed by atoms with Crippen LogP contribution in [-0.4, -0.2) is 41.1 Å². The van der Waals surface area contributed by atoms with Crippen LogP contribution in [0.3, 0.4) is 0 Å². The average molecular weight is 397 g/mol. The zero-order chi connectivity index (χ0) is 20.4. The predicted molar refractivity (Wildman–Crippen MR) is 97.7 cm³/mol. The number of carbonyl (C=O) groups excluding carboxylic acids is 4. The minimum absolute atomic E-state index is 0.0831.